The number of anilines is 1. The van der Waals surface area contributed by atoms with Gasteiger partial charge in [-0.3, -0.25) is 9.59 Å². The lowest BCUT2D eigenvalue weighted by atomic mass is 10.1. The van der Waals surface area contributed by atoms with Crippen LogP contribution >= 0.6 is 0 Å². The highest BCUT2D eigenvalue weighted by Gasteiger charge is 2.23. The van der Waals surface area contributed by atoms with E-state index in [4.69, 9.17) is 9.47 Å². The molecule has 0 saturated carbocycles. The molecule has 1 aromatic carbocycles. The van der Waals surface area contributed by atoms with Crippen LogP contribution < -0.4 is 14.4 Å². The number of aromatic nitrogens is 2. The van der Waals surface area contributed by atoms with Crippen molar-refractivity contribution in [1.29, 1.82) is 0 Å². The summed E-state index contributed by atoms with van der Waals surface area (Å²) in [5.74, 6) is 1.85. The predicted octanol–water partition coefficient (Wildman–Crippen LogP) is 1.56. The maximum atomic E-state index is 12.5. The minimum atomic E-state index is -0.0679. The van der Waals surface area contributed by atoms with Crippen molar-refractivity contribution >= 4 is 17.6 Å². The maximum absolute atomic E-state index is 12.5. The first kappa shape index (κ1) is 18.2. The summed E-state index contributed by atoms with van der Waals surface area (Å²) in [4.78, 5) is 37.3. The van der Waals surface area contributed by atoms with Crippen LogP contribution in [-0.2, 0) is 4.79 Å². The molecule has 4 rings (SSSR count). The van der Waals surface area contributed by atoms with Crippen molar-refractivity contribution in [1.82, 2.24) is 14.9 Å². The summed E-state index contributed by atoms with van der Waals surface area (Å²) in [6.07, 6.45) is 3.81. The van der Waals surface area contributed by atoms with E-state index >= 15 is 0 Å². The number of Topliss-reactive ketones (excluding diaryl/α,β-unsaturated/α-hetero) is 1. The first-order valence-corrected chi connectivity index (χ1v) is 9.43. The van der Waals surface area contributed by atoms with Crippen molar-refractivity contribution < 1.29 is 19.1 Å². The van der Waals surface area contributed by atoms with Gasteiger partial charge in [0.25, 0.3) is 0 Å². The monoisotopic (exact) mass is 382 g/mol. The van der Waals surface area contributed by atoms with E-state index in [-0.39, 0.29) is 24.5 Å². The van der Waals surface area contributed by atoms with Gasteiger partial charge in [0.2, 0.25) is 11.9 Å². The summed E-state index contributed by atoms with van der Waals surface area (Å²) in [5, 5.41) is 0. The van der Waals surface area contributed by atoms with Crippen molar-refractivity contribution in [3.8, 4) is 11.5 Å². The quantitative estimate of drug-likeness (QED) is 0.726. The number of nitrogens with zero attached hydrogens (tertiary/aromatic N) is 4. The second kappa shape index (κ2) is 8.24. The number of hydrogen-bond donors (Lipinski definition) is 0. The average Bonchev–Trinajstić information content (AvgIpc) is 2.77. The predicted molar refractivity (Wildman–Crippen MR) is 102 cm³/mol. The Morgan fingerprint density at radius 3 is 2.39 bits per heavy atom. The standard InChI is InChI=1S/C20H22N4O4/c25-16(15-2-4-17-18(14-15)28-13-12-27-17)3-5-19(26)23-8-10-24(11-9-23)20-21-6-1-7-22-20/h1-2,4,6-7,14H,3,5,8-13H2. The lowest BCUT2D eigenvalue weighted by Crippen LogP contribution is -2.49. The Bertz CT molecular complexity index is 851. The summed E-state index contributed by atoms with van der Waals surface area (Å²) in [6, 6.07) is 6.94. The second-order valence-corrected chi connectivity index (χ2v) is 6.70. The van der Waals surface area contributed by atoms with Crippen molar-refractivity contribution in [2.24, 2.45) is 0 Å². The molecule has 0 N–H and O–H groups in total. The van der Waals surface area contributed by atoms with Gasteiger partial charge in [0, 0.05) is 57.0 Å². The molecule has 0 radical (unpaired) electrons. The van der Waals surface area contributed by atoms with Gasteiger partial charge in [-0.05, 0) is 24.3 Å². The molecule has 2 aromatic rings. The lowest BCUT2D eigenvalue weighted by molar-refractivity contribution is -0.131. The number of ether oxygens (including phenoxy) is 2. The average molecular weight is 382 g/mol. The molecule has 3 heterocycles. The van der Waals surface area contributed by atoms with Crippen LogP contribution in [0.25, 0.3) is 0 Å². The molecule has 2 aliphatic rings. The SMILES string of the molecule is O=C(CCC(=O)N1CCN(c2ncccn2)CC1)c1ccc2c(c1)OCCO2. The van der Waals surface area contributed by atoms with Gasteiger partial charge in [0.1, 0.15) is 13.2 Å². The molecule has 0 aliphatic carbocycles. The van der Waals surface area contributed by atoms with Crippen LogP contribution in [0.4, 0.5) is 5.95 Å². The number of piperazine rings is 1. The number of benzene rings is 1. The molecule has 28 heavy (non-hydrogen) atoms. The molecular formula is C20H22N4O4. The number of rotatable bonds is 5. The summed E-state index contributed by atoms with van der Waals surface area (Å²) in [7, 11) is 0. The van der Waals surface area contributed by atoms with Gasteiger partial charge in [0.05, 0.1) is 0 Å². The third kappa shape index (κ3) is 4.05. The molecule has 0 spiro atoms. The van der Waals surface area contributed by atoms with Crippen molar-refractivity contribution in [3.05, 3.63) is 42.2 Å². The number of carbonyl (C=O) groups is 2. The van der Waals surface area contributed by atoms with E-state index in [0.29, 0.717) is 62.4 Å². The molecule has 1 saturated heterocycles. The zero-order valence-corrected chi connectivity index (χ0v) is 15.5. The van der Waals surface area contributed by atoms with Gasteiger partial charge < -0.3 is 19.3 Å². The molecule has 0 unspecified atom stereocenters. The number of carbonyl (C=O) groups excluding carboxylic acids is 2. The fourth-order valence-electron chi connectivity index (χ4n) is 3.35. The number of amides is 1. The Morgan fingerprint density at radius 1 is 0.929 bits per heavy atom. The Labute approximate surface area is 163 Å². The van der Waals surface area contributed by atoms with Gasteiger partial charge >= 0.3 is 0 Å². The third-order valence-corrected chi connectivity index (χ3v) is 4.90. The molecule has 146 valence electrons. The number of fused-ring (bicyclic) bond motifs is 1. The molecule has 2 aliphatic heterocycles. The summed E-state index contributed by atoms with van der Waals surface area (Å²) in [5.41, 5.74) is 0.545. The molecular weight excluding hydrogens is 360 g/mol. The van der Waals surface area contributed by atoms with E-state index < -0.39 is 0 Å². The molecule has 8 nitrogen and oxygen atoms in total. The van der Waals surface area contributed by atoms with Crippen LogP contribution in [0.1, 0.15) is 23.2 Å². The largest absolute Gasteiger partial charge is 0.486 e. The van der Waals surface area contributed by atoms with Crippen molar-refractivity contribution in [3.63, 3.8) is 0 Å². The Morgan fingerprint density at radius 2 is 1.64 bits per heavy atom. The normalized spacial score (nSPS) is 16.0. The molecule has 0 bridgehead atoms. The van der Waals surface area contributed by atoms with E-state index in [2.05, 4.69) is 14.9 Å². The summed E-state index contributed by atoms with van der Waals surface area (Å²) >= 11 is 0. The zero-order valence-electron chi connectivity index (χ0n) is 15.5. The van der Waals surface area contributed by atoms with Gasteiger partial charge in [-0.1, -0.05) is 0 Å². The van der Waals surface area contributed by atoms with Gasteiger partial charge in [0.15, 0.2) is 17.3 Å². The van der Waals surface area contributed by atoms with Gasteiger partial charge in [-0.15, -0.1) is 0 Å². The Hall–Kier alpha value is -3.16. The molecule has 8 heteroatoms. The van der Waals surface area contributed by atoms with Crippen LogP contribution in [0.5, 0.6) is 11.5 Å². The maximum Gasteiger partial charge on any atom is 0.225 e. The van der Waals surface area contributed by atoms with E-state index in [1.54, 1.807) is 41.6 Å². The van der Waals surface area contributed by atoms with Crippen LogP contribution in [0.2, 0.25) is 0 Å². The molecule has 0 atom stereocenters. The highest BCUT2D eigenvalue weighted by Crippen LogP contribution is 2.31. The Balaban J connectivity index is 1.27. The minimum absolute atomic E-state index is 0.000441. The highest BCUT2D eigenvalue weighted by atomic mass is 16.6. The lowest BCUT2D eigenvalue weighted by Gasteiger charge is -2.34. The number of hydrogen-bond acceptors (Lipinski definition) is 7. The summed E-state index contributed by atoms with van der Waals surface area (Å²) in [6.45, 7) is 3.57. The summed E-state index contributed by atoms with van der Waals surface area (Å²) < 4.78 is 11.0. The molecule has 1 aromatic heterocycles. The first-order chi connectivity index (χ1) is 13.7. The van der Waals surface area contributed by atoms with E-state index in [1.807, 2.05) is 0 Å². The fourth-order valence-corrected chi connectivity index (χ4v) is 3.35. The minimum Gasteiger partial charge on any atom is -0.486 e. The topological polar surface area (TPSA) is 84.9 Å². The smallest absolute Gasteiger partial charge is 0.225 e. The molecule has 1 amide bonds. The van der Waals surface area contributed by atoms with Crippen LogP contribution in [0, 0.1) is 0 Å². The van der Waals surface area contributed by atoms with Crippen LogP contribution in [0.3, 0.4) is 0 Å². The third-order valence-electron chi connectivity index (χ3n) is 4.90. The Kier molecular flexibility index (Phi) is 5.36. The highest BCUT2D eigenvalue weighted by molar-refractivity contribution is 5.98. The van der Waals surface area contributed by atoms with Crippen molar-refractivity contribution in [2.75, 3.05) is 44.3 Å². The fraction of sp³-hybridized carbons (Fsp3) is 0.400. The van der Waals surface area contributed by atoms with Crippen molar-refractivity contribution in [2.45, 2.75) is 12.8 Å². The van der Waals surface area contributed by atoms with Crippen LogP contribution in [-0.4, -0.2) is 66.0 Å². The van der Waals surface area contributed by atoms with E-state index in [9.17, 15) is 9.59 Å². The van der Waals surface area contributed by atoms with Gasteiger partial charge in [-0.2, -0.15) is 0 Å². The number of ketones is 1. The van der Waals surface area contributed by atoms with Crippen LogP contribution in [0.15, 0.2) is 36.7 Å². The van der Waals surface area contributed by atoms with Gasteiger partial charge in [-0.25, -0.2) is 9.97 Å². The van der Waals surface area contributed by atoms with E-state index in [1.165, 1.54) is 0 Å². The second-order valence-electron chi connectivity index (χ2n) is 6.70. The molecule has 1 fully saturated rings. The zero-order chi connectivity index (χ0) is 19.3. The van der Waals surface area contributed by atoms with E-state index in [0.717, 1.165) is 0 Å². The first-order valence-electron chi connectivity index (χ1n) is 9.43.